The van der Waals surface area contributed by atoms with E-state index >= 15 is 0 Å². The molecule has 0 amide bonds. The van der Waals surface area contributed by atoms with Crippen molar-refractivity contribution in [1.29, 1.82) is 0 Å². The van der Waals surface area contributed by atoms with Crippen LogP contribution in [-0.4, -0.2) is 59.5 Å². The van der Waals surface area contributed by atoms with Crippen molar-refractivity contribution in [3.05, 3.63) is 23.3 Å². The van der Waals surface area contributed by atoms with Gasteiger partial charge in [-0.15, -0.1) is 0 Å². The molecule has 0 aromatic heterocycles. The minimum absolute atomic E-state index is 0.0209. The number of benzene rings is 1. The number of Topliss-reactive ketones (excluding diaryl/α,β-unsaturated/α-hetero) is 2. The molecule has 2 aliphatic heterocycles. The Balaban J connectivity index is 1.62. The molecule has 2 bridgehead atoms. The Morgan fingerprint density at radius 2 is 2.11 bits per heavy atom. The zero-order valence-electron chi connectivity index (χ0n) is 15.4. The topological polar surface area (TPSA) is 76.1 Å². The molecule has 1 aromatic rings. The number of hydrogen-bond acceptors (Lipinski definition) is 6. The zero-order valence-corrected chi connectivity index (χ0v) is 15.4. The third-order valence-electron chi connectivity index (χ3n) is 7.60. The lowest BCUT2D eigenvalue weighted by Crippen LogP contribution is -2.78. The maximum atomic E-state index is 13.6. The first-order valence-electron chi connectivity index (χ1n) is 9.93. The molecule has 6 heteroatoms. The Morgan fingerprint density at radius 3 is 2.85 bits per heavy atom. The van der Waals surface area contributed by atoms with Crippen molar-refractivity contribution < 1.29 is 24.2 Å². The van der Waals surface area contributed by atoms with Gasteiger partial charge in [-0.25, -0.2) is 0 Å². The highest BCUT2D eigenvalue weighted by Gasteiger charge is 2.75. The first-order valence-corrected chi connectivity index (χ1v) is 9.93. The quantitative estimate of drug-likeness (QED) is 0.870. The molecular formula is C21H23NO5. The average Bonchev–Trinajstić information content (AvgIpc) is 3.40. The second kappa shape index (κ2) is 4.92. The standard InChI is InChI=1S/C21H23NO5/c1-26-14-5-4-12-15-17(14)27-19-13(23)6-7-21(25)18(16(12)24)22(10-11-2-3-11)9-8-20(15,19)21/h4-5,11,18-19,25H,2-3,6-10H2,1H3/t18-,19+,20+,21-/m1/s1. The molecule has 1 spiro atoms. The average molecular weight is 369 g/mol. The number of ketones is 2. The Kier molecular flexibility index (Phi) is 2.93. The van der Waals surface area contributed by atoms with Crippen LogP contribution in [0.25, 0.3) is 0 Å². The smallest absolute Gasteiger partial charge is 0.183 e. The Hall–Kier alpha value is -1.92. The fourth-order valence-corrected chi connectivity index (χ4v) is 6.25. The molecule has 3 fully saturated rings. The van der Waals surface area contributed by atoms with Gasteiger partial charge in [0.1, 0.15) is 11.6 Å². The second-order valence-electron chi connectivity index (χ2n) is 8.83. The number of piperidine rings is 1. The van der Waals surface area contributed by atoms with Gasteiger partial charge < -0.3 is 14.6 Å². The summed E-state index contributed by atoms with van der Waals surface area (Å²) < 4.78 is 11.6. The molecule has 6 nitrogen and oxygen atoms in total. The number of ether oxygens (including phenoxy) is 2. The lowest BCUT2D eigenvalue weighted by atomic mass is 9.48. The first-order chi connectivity index (χ1) is 13.0. The van der Waals surface area contributed by atoms with Crippen LogP contribution in [0.5, 0.6) is 11.5 Å². The highest BCUT2D eigenvalue weighted by molar-refractivity contribution is 6.07. The summed E-state index contributed by atoms with van der Waals surface area (Å²) in [5.74, 6) is 1.62. The molecule has 0 radical (unpaired) electrons. The van der Waals surface area contributed by atoms with Gasteiger partial charge in [-0.05, 0) is 43.7 Å². The number of carbonyl (C=O) groups is 2. The van der Waals surface area contributed by atoms with E-state index in [-0.39, 0.29) is 18.0 Å². The van der Waals surface area contributed by atoms with Crippen LogP contribution in [0.2, 0.25) is 0 Å². The molecule has 1 aromatic carbocycles. The number of carbonyl (C=O) groups excluding carboxylic acids is 2. The van der Waals surface area contributed by atoms with Crippen LogP contribution in [0.4, 0.5) is 0 Å². The van der Waals surface area contributed by atoms with Crippen LogP contribution in [0.15, 0.2) is 12.1 Å². The van der Waals surface area contributed by atoms with E-state index in [2.05, 4.69) is 4.90 Å². The van der Waals surface area contributed by atoms with Crippen LogP contribution in [0, 0.1) is 5.92 Å². The zero-order chi connectivity index (χ0) is 18.6. The third-order valence-corrected chi connectivity index (χ3v) is 7.60. The first kappa shape index (κ1) is 16.1. The summed E-state index contributed by atoms with van der Waals surface area (Å²) in [6.45, 7) is 1.56. The molecule has 1 N–H and O–H groups in total. The van der Waals surface area contributed by atoms with Crippen molar-refractivity contribution in [2.24, 2.45) is 5.92 Å². The van der Waals surface area contributed by atoms with Crippen molar-refractivity contribution in [2.45, 2.75) is 55.3 Å². The lowest BCUT2D eigenvalue weighted by Gasteiger charge is -2.61. The minimum Gasteiger partial charge on any atom is -0.493 e. The molecule has 6 rings (SSSR count). The summed E-state index contributed by atoms with van der Waals surface area (Å²) >= 11 is 0. The fourth-order valence-electron chi connectivity index (χ4n) is 6.25. The van der Waals surface area contributed by atoms with E-state index in [1.54, 1.807) is 19.2 Å². The van der Waals surface area contributed by atoms with E-state index in [1.807, 2.05) is 0 Å². The van der Waals surface area contributed by atoms with E-state index in [0.717, 1.165) is 12.1 Å². The molecule has 0 unspecified atom stereocenters. The maximum Gasteiger partial charge on any atom is 0.183 e. The van der Waals surface area contributed by atoms with Gasteiger partial charge in [0, 0.05) is 30.6 Å². The van der Waals surface area contributed by atoms with Crippen LogP contribution in [0.1, 0.15) is 48.0 Å². The summed E-state index contributed by atoms with van der Waals surface area (Å²) in [6.07, 6.45) is 2.87. The Labute approximate surface area is 157 Å². The minimum atomic E-state index is -1.26. The van der Waals surface area contributed by atoms with Crippen molar-refractivity contribution in [1.82, 2.24) is 4.90 Å². The summed E-state index contributed by atoms with van der Waals surface area (Å²) in [7, 11) is 1.56. The fraction of sp³-hybridized carbons (Fsp3) is 0.619. The van der Waals surface area contributed by atoms with Gasteiger partial charge in [0.25, 0.3) is 0 Å². The Bertz CT molecular complexity index is 893. The predicted molar refractivity (Wildman–Crippen MR) is 95.3 cm³/mol. The number of likely N-dealkylation sites (tertiary alicyclic amines) is 1. The summed E-state index contributed by atoms with van der Waals surface area (Å²) in [6, 6.07) is 2.95. The monoisotopic (exact) mass is 369 g/mol. The van der Waals surface area contributed by atoms with Crippen molar-refractivity contribution >= 4 is 11.6 Å². The normalized spacial score (nSPS) is 39.2. The highest BCUT2D eigenvalue weighted by atomic mass is 16.5. The molecule has 27 heavy (non-hydrogen) atoms. The highest BCUT2D eigenvalue weighted by Crippen LogP contribution is 2.64. The van der Waals surface area contributed by atoms with Crippen molar-refractivity contribution in [3.8, 4) is 11.5 Å². The van der Waals surface area contributed by atoms with Gasteiger partial charge in [0.15, 0.2) is 29.2 Å². The van der Waals surface area contributed by atoms with Gasteiger partial charge >= 0.3 is 0 Å². The van der Waals surface area contributed by atoms with Crippen LogP contribution in [0.3, 0.4) is 0 Å². The maximum absolute atomic E-state index is 13.6. The van der Waals surface area contributed by atoms with Crippen molar-refractivity contribution in [3.63, 3.8) is 0 Å². The van der Waals surface area contributed by atoms with Gasteiger partial charge in [0.2, 0.25) is 0 Å². The van der Waals surface area contributed by atoms with E-state index in [1.165, 1.54) is 12.8 Å². The van der Waals surface area contributed by atoms with Crippen LogP contribution >= 0.6 is 0 Å². The van der Waals surface area contributed by atoms with Gasteiger partial charge in [-0.2, -0.15) is 0 Å². The molecule has 2 saturated carbocycles. The van der Waals surface area contributed by atoms with E-state index in [9.17, 15) is 14.7 Å². The van der Waals surface area contributed by atoms with Crippen molar-refractivity contribution in [2.75, 3.05) is 20.2 Å². The third kappa shape index (κ3) is 1.70. The summed E-state index contributed by atoms with van der Waals surface area (Å²) in [5.41, 5.74) is -0.784. The molecule has 3 aliphatic carbocycles. The van der Waals surface area contributed by atoms with E-state index in [4.69, 9.17) is 9.47 Å². The second-order valence-corrected chi connectivity index (χ2v) is 8.83. The molecular weight excluding hydrogens is 346 g/mol. The summed E-state index contributed by atoms with van der Waals surface area (Å²) in [5, 5.41) is 12.0. The lowest BCUT2D eigenvalue weighted by molar-refractivity contribution is -0.178. The van der Waals surface area contributed by atoms with Gasteiger partial charge in [0.05, 0.1) is 12.5 Å². The van der Waals surface area contributed by atoms with Crippen LogP contribution in [-0.2, 0) is 10.2 Å². The number of aliphatic hydroxyl groups is 1. The number of nitrogens with zero attached hydrogens (tertiary/aromatic N) is 1. The molecule has 5 aliphatic rings. The van der Waals surface area contributed by atoms with Gasteiger partial charge in [-0.1, -0.05) is 0 Å². The number of methoxy groups -OCH3 is 1. The molecule has 4 atom stereocenters. The van der Waals surface area contributed by atoms with E-state index < -0.39 is 23.2 Å². The molecule has 1 saturated heterocycles. The SMILES string of the molecule is COc1ccc2c3c1O[C@H]1C(=O)CC[C@@]4(O)[C@@H](C2=O)N(CC2CC2)CC[C@]314. The largest absolute Gasteiger partial charge is 0.493 e. The van der Waals surface area contributed by atoms with Gasteiger partial charge in [-0.3, -0.25) is 14.5 Å². The number of hydrogen-bond donors (Lipinski definition) is 1. The van der Waals surface area contributed by atoms with Crippen LogP contribution < -0.4 is 9.47 Å². The predicted octanol–water partition coefficient (Wildman–Crippen LogP) is 1.47. The number of rotatable bonds is 3. The van der Waals surface area contributed by atoms with E-state index in [0.29, 0.717) is 42.4 Å². The molecule has 142 valence electrons. The Morgan fingerprint density at radius 1 is 1.30 bits per heavy atom. The summed E-state index contributed by atoms with van der Waals surface area (Å²) in [4.78, 5) is 28.6. The molecule has 2 heterocycles.